The van der Waals surface area contributed by atoms with Crippen LogP contribution in [0.2, 0.25) is 0 Å². The van der Waals surface area contributed by atoms with Crippen LogP contribution in [-0.4, -0.2) is 29.8 Å². The van der Waals surface area contributed by atoms with Crippen LogP contribution in [0, 0.1) is 0 Å². The molecule has 0 bridgehead atoms. The van der Waals surface area contributed by atoms with Gasteiger partial charge in [-0.2, -0.15) is 0 Å². The van der Waals surface area contributed by atoms with E-state index in [-0.39, 0.29) is 4.62 Å². The van der Waals surface area contributed by atoms with Crippen molar-refractivity contribution < 1.29 is 0 Å². The number of rotatable bonds is 10. The molecule has 130 valence electrons. The Labute approximate surface area is 148 Å². The number of unbranched alkanes of at least 4 members (excludes halogenated alkanes) is 3. The van der Waals surface area contributed by atoms with E-state index in [1.807, 2.05) is 6.08 Å². The van der Waals surface area contributed by atoms with E-state index in [0.717, 1.165) is 11.5 Å². The van der Waals surface area contributed by atoms with Gasteiger partial charge in [-0.25, -0.2) is 0 Å². The van der Waals surface area contributed by atoms with Gasteiger partial charge < -0.3 is 0 Å². The average molecular weight is 365 g/mol. The summed E-state index contributed by atoms with van der Waals surface area (Å²) in [4.78, 5) is 0. The second kappa shape index (κ2) is 8.55. The van der Waals surface area contributed by atoms with Gasteiger partial charge in [-0.05, 0) is 0 Å². The summed E-state index contributed by atoms with van der Waals surface area (Å²) >= 11 is 13.6. The van der Waals surface area contributed by atoms with E-state index in [1.54, 1.807) is 0 Å². The third-order valence-electron chi connectivity index (χ3n) is 5.73. The third-order valence-corrected chi connectivity index (χ3v) is 15.4. The summed E-state index contributed by atoms with van der Waals surface area (Å²) in [6, 6.07) is 0. The summed E-state index contributed by atoms with van der Waals surface area (Å²) in [5.41, 5.74) is 0. The topological polar surface area (TPSA) is 0 Å². The van der Waals surface area contributed by atoms with Gasteiger partial charge in [0, 0.05) is 0 Å². The van der Waals surface area contributed by atoms with Crippen molar-refractivity contribution >= 4 is 29.8 Å². The Morgan fingerprint density at radius 3 is 1.77 bits per heavy atom. The number of allylic oxidation sites excluding steroid dienone is 4. The zero-order chi connectivity index (χ0) is 16.7. The Hall–Kier alpha value is 0.490. The monoisotopic (exact) mass is 364 g/mol. The van der Waals surface area contributed by atoms with Gasteiger partial charge in [-0.15, -0.1) is 0 Å². The van der Waals surface area contributed by atoms with Crippen molar-refractivity contribution in [3.05, 3.63) is 23.3 Å². The summed E-state index contributed by atoms with van der Waals surface area (Å²) in [6.45, 7) is 7.48. The molecule has 0 nitrogen and oxygen atoms in total. The van der Waals surface area contributed by atoms with Gasteiger partial charge in [0.05, 0.1) is 0 Å². The molecular weight excluding hydrogens is 330 g/mol. The van der Waals surface area contributed by atoms with Crippen molar-refractivity contribution in [1.29, 1.82) is 0 Å². The molecule has 0 radical (unpaired) electrons. The zero-order valence-electron chi connectivity index (χ0n) is 15.0. The summed E-state index contributed by atoms with van der Waals surface area (Å²) in [5, 5.41) is 0.850. The molecule has 0 spiro atoms. The Morgan fingerprint density at radius 2 is 1.45 bits per heavy atom. The van der Waals surface area contributed by atoms with E-state index in [2.05, 4.69) is 39.6 Å². The van der Waals surface area contributed by atoms with Gasteiger partial charge in [0.1, 0.15) is 0 Å². The molecule has 1 aliphatic rings. The van der Waals surface area contributed by atoms with Crippen LogP contribution in [0.15, 0.2) is 23.3 Å². The van der Waals surface area contributed by atoms with Gasteiger partial charge in [0.2, 0.25) is 0 Å². The molecule has 0 aromatic rings. The van der Waals surface area contributed by atoms with Crippen LogP contribution in [0.3, 0.4) is 0 Å². The van der Waals surface area contributed by atoms with E-state index in [4.69, 9.17) is 23.2 Å². The molecule has 0 aromatic carbocycles. The molecule has 3 heteroatoms. The normalized spacial score (nSPS) is 23.9. The van der Waals surface area contributed by atoms with Gasteiger partial charge in [-0.3, -0.25) is 0 Å². The van der Waals surface area contributed by atoms with Crippen LogP contribution in [0.5, 0.6) is 0 Å². The van der Waals surface area contributed by atoms with Crippen LogP contribution in [-0.2, 0) is 0 Å². The molecule has 0 fully saturated rings. The fourth-order valence-electron chi connectivity index (χ4n) is 3.85. The minimum atomic E-state index is -2.03. The molecule has 0 amide bonds. The molecule has 0 saturated carbocycles. The molecule has 1 rings (SSSR count). The Morgan fingerprint density at radius 1 is 1.00 bits per heavy atom. The van der Waals surface area contributed by atoms with Crippen molar-refractivity contribution in [3.8, 4) is 0 Å². The number of hydrogen-bond donors (Lipinski definition) is 0. The first-order valence-electron chi connectivity index (χ1n) is 9.08. The molecule has 1 aliphatic carbocycles. The minimum absolute atomic E-state index is 0.177. The molecule has 0 aromatic heterocycles. The standard InChI is InChI=1S/C19H35Cl2P/c1-5-8-15-22(4,16-9-6-2,17-10-7-3)19(21)13-11-18(20)12-14-19/h11-13H,5-10,14-17H2,1-4H3. The third kappa shape index (κ3) is 4.31. The summed E-state index contributed by atoms with van der Waals surface area (Å²) in [6.07, 6.45) is 19.1. The van der Waals surface area contributed by atoms with E-state index in [9.17, 15) is 0 Å². The maximum absolute atomic E-state index is 7.38. The predicted molar refractivity (Wildman–Crippen MR) is 108 cm³/mol. The maximum atomic E-state index is 7.38. The fraction of sp³-hybridized carbons (Fsp3) is 0.789. The Bertz CT molecular complexity index is 389. The molecule has 22 heavy (non-hydrogen) atoms. The number of hydrogen-bond acceptors (Lipinski definition) is 0. The van der Waals surface area contributed by atoms with Crippen molar-refractivity contribution in [3.63, 3.8) is 0 Å². The summed E-state index contributed by atoms with van der Waals surface area (Å²) in [5.74, 6) is 0. The first-order chi connectivity index (χ1) is 10.3. The molecule has 0 heterocycles. The molecule has 0 saturated heterocycles. The predicted octanol–water partition coefficient (Wildman–Crippen LogP) is 7.59. The second-order valence-corrected chi connectivity index (χ2v) is 15.6. The molecule has 0 N–H and O–H groups in total. The van der Waals surface area contributed by atoms with Crippen molar-refractivity contribution in [2.45, 2.75) is 70.3 Å². The summed E-state index contributed by atoms with van der Waals surface area (Å²) in [7, 11) is 0. The Balaban J connectivity index is 3.24. The molecular formula is C19H35Cl2P. The zero-order valence-corrected chi connectivity index (χ0v) is 17.4. The Kier molecular flexibility index (Phi) is 7.98. The molecule has 1 unspecified atom stereocenters. The van der Waals surface area contributed by atoms with Crippen molar-refractivity contribution in [2.75, 3.05) is 25.2 Å². The van der Waals surface area contributed by atoms with Gasteiger partial charge in [0.25, 0.3) is 0 Å². The van der Waals surface area contributed by atoms with Crippen molar-refractivity contribution in [2.24, 2.45) is 0 Å². The summed E-state index contributed by atoms with van der Waals surface area (Å²) < 4.78 is -0.177. The van der Waals surface area contributed by atoms with E-state index >= 15 is 0 Å². The second-order valence-electron chi connectivity index (χ2n) is 7.49. The van der Waals surface area contributed by atoms with E-state index < -0.39 is 6.60 Å². The van der Waals surface area contributed by atoms with Crippen molar-refractivity contribution in [1.82, 2.24) is 0 Å². The molecule has 0 aliphatic heterocycles. The van der Waals surface area contributed by atoms with E-state index in [1.165, 1.54) is 57.0 Å². The van der Waals surface area contributed by atoms with Crippen LogP contribution >= 0.6 is 29.8 Å². The molecule has 1 atom stereocenters. The van der Waals surface area contributed by atoms with Gasteiger partial charge in [-0.1, -0.05) is 0 Å². The number of halogens is 2. The van der Waals surface area contributed by atoms with E-state index in [0.29, 0.717) is 0 Å². The van der Waals surface area contributed by atoms with Crippen LogP contribution in [0.25, 0.3) is 0 Å². The number of alkyl halides is 1. The van der Waals surface area contributed by atoms with Crippen LogP contribution in [0.1, 0.15) is 65.7 Å². The average Bonchev–Trinajstić information content (AvgIpc) is 2.52. The van der Waals surface area contributed by atoms with Crippen LogP contribution < -0.4 is 0 Å². The van der Waals surface area contributed by atoms with Gasteiger partial charge in [0.15, 0.2) is 0 Å². The fourth-order valence-corrected chi connectivity index (χ4v) is 11.6. The first-order valence-corrected chi connectivity index (χ1v) is 13.1. The van der Waals surface area contributed by atoms with Gasteiger partial charge >= 0.3 is 149 Å². The van der Waals surface area contributed by atoms with Crippen LogP contribution in [0.4, 0.5) is 0 Å². The SMILES string of the molecule is CCCCP(C)(CCCC)(CCCC)C1(Cl)C=CC(Cl)=CC1. The quantitative estimate of drug-likeness (QED) is 0.276. The first kappa shape index (κ1) is 20.5.